The number of rotatable bonds is 5. The Morgan fingerprint density at radius 3 is 3.09 bits per heavy atom. The van der Waals surface area contributed by atoms with Crippen LogP contribution in [0.4, 0.5) is 5.88 Å². The summed E-state index contributed by atoms with van der Waals surface area (Å²) in [4.78, 5) is 14.3. The first kappa shape index (κ1) is 15.3. The van der Waals surface area contributed by atoms with Gasteiger partial charge >= 0.3 is 0 Å². The van der Waals surface area contributed by atoms with Gasteiger partial charge in [0, 0.05) is 12.1 Å². The molecule has 0 bridgehead atoms. The monoisotopic (exact) mass is 309 g/mol. The molecule has 1 amide bonds. The van der Waals surface area contributed by atoms with E-state index in [4.69, 9.17) is 10.9 Å². The average molecular weight is 309 g/mol. The van der Waals surface area contributed by atoms with Gasteiger partial charge in [-0.15, -0.1) is 6.42 Å². The zero-order chi connectivity index (χ0) is 16.2. The second-order valence-electron chi connectivity index (χ2n) is 5.74. The van der Waals surface area contributed by atoms with Crippen LogP contribution in [0, 0.1) is 19.3 Å². The van der Waals surface area contributed by atoms with E-state index in [0.29, 0.717) is 12.4 Å². The fourth-order valence-electron chi connectivity index (χ4n) is 3.09. The lowest BCUT2D eigenvalue weighted by Crippen LogP contribution is -2.35. The minimum absolute atomic E-state index is 0.152. The van der Waals surface area contributed by atoms with Gasteiger partial charge in [-0.2, -0.15) is 0 Å². The van der Waals surface area contributed by atoms with Crippen molar-refractivity contribution in [1.29, 1.82) is 0 Å². The number of hydrogen-bond acceptors (Lipinski definition) is 4. The number of carbonyl (C=O) groups is 1. The van der Waals surface area contributed by atoms with E-state index in [2.05, 4.69) is 28.5 Å². The van der Waals surface area contributed by atoms with Crippen molar-refractivity contribution in [2.45, 2.75) is 25.8 Å². The number of hydrogen-bond donors (Lipinski definition) is 1. The van der Waals surface area contributed by atoms with Gasteiger partial charge in [-0.05, 0) is 30.9 Å². The highest BCUT2D eigenvalue weighted by atomic mass is 16.5. The molecule has 5 heteroatoms. The maximum atomic E-state index is 12.3. The third-order valence-corrected chi connectivity index (χ3v) is 4.07. The molecule has 0 saturated heterocycles. The molecule has 1 N–H and O–H groups in total. The Balaban J connectivity index is 1.70. The minimum Gasteiger partial charge on any atom is -0.338 e. The summed E-state index contributed by atoms with van der Waals surface area (Å²) in [5.74, 6) is 2.87. The van der Waals surface area contributed by atoms with E-state index in [1.54, 1.807) is 13.0 Å². The summed E-state index contributed by atoms with van der Waals surface area (Å²) in [6.45, 7) is 2.46. The molecule has 0 unspecified atom stereocenters. The van der Waals surface area contributed by atoms with E-state index in [1.165, 1.54) is 11.1 Å². The Morgan fingerprint density at radius 1 is 1.52 bits per heavy atom. The van der Waals surface area contributed by atoms with Crippen molar-refractivity contribution < 1.29 is 9.32 Å². The van der Waals surface area contributed by atoms with E-state index < -0.39 is 0 Å². The Hall–Kier alpha value is -2.58. The van der Waals surface area contributed by atoms with Crippen molar-refractivity contribution >= 4 is 11.8 Å². The minimum atomic E-state index is -0.152. The Bertz CT molecular complexity index is 745. The highest BCUT2D eigenvalue weighted by Crippen LogP contribution is 2.35. The van der Waals surface area contributed by atoms with E-state index >= 15 is 0 Å². The van der Waals surface area contributed by atoms with Crippen molar-refractivity contribution in [1.82, 2.24) is 10.1 Å². The molecule has 1 atom stereocenters. The normalized spacial score (nSPS) is 16.1. The highest BCUT2D eigenvalue weighted by Gasteiger charge is 2.28. The largest absolute Gasteiger partial charge is 0.338 e. The smallest absolute Gasteiger partial charge is 0.240 e. The Morgan fingerprint density at radius 2 is 2.35 bits per heavy atom. The topological polar surface area (TPSA) is 58.4 Å². The first-order valence-corrected chi connectivity index (χ1v) is 7.66. The molecule has 0 fully saturated rings. The van der Waals surface area contributed by atoms with Crippen LogP contribution in [-0.4, -0.2) is 29.1 Å². The quantitative estimate of drug-likeness (QED) is 0.862. The Kier molecular flexibility index (Phi) is 4.45. The van der Waals surface area contributed by atoms with Crippen molar-refractivity contribution in [3.05, 3.63) is 47.2 Å². The zero-order valence-electron chi connectivity index (χ0n) is 13.1. The second kappa shape index (κ2) is 6.67. The van der Waals surface area contributed by atoms with E-state index in [1.807, 2.05) is 17.0 Å². The van der Waals surface area contributed by atoms with Gasteiger partial charge in [0.25, 0.3) is 0 Å². The van der Waals surface area contributed by atoms with Crippen LogP contribution in [0.5, 0.6) is 0 Å². The fourth-order valence-corrected chi connectivity index (χ4v) is 3.09. The predicted octanol–water partition coefficient (Wildman–Crippen LogP) is 2.54. The lowest BCUT2D eigenvalue weighted by molar-refractivity contribution is -0.117. The summed E-state index contributed by atoms with van der Waals surface area (Å²) < 4.78 is 5.02. The molecule has 0 saturated carbocycles. The van der Waals surface area contributed by atoms with Crippen LogP contribution in [0.2, 0.25) is 0 Å². The summed E-state index contributed by atoms with van der Waals surface area (Å²) in [5, 5.41) is 6.48. The summed E-state index contributed by atoms with van der Waals surface area (Å²) >= 11 is 0. The van der Waals surface area contributed by atoms with E-state index in [9.17, 15) is 4.79 Å². The number of nitrogens with zero attached hydrogens (tertiary/aromatic N) is 2. The molecule has 23 heavy (non-hydrogen) atoms. The number of aryl methyl sites for hydroxylation is 2. The molecule has 1 aromatic heterocycles. The van der Waals surface area contributed by atoms with Crippen LogP contribution in [0.1, 0.15) is 29.3 Å². The lowest BCUT2D eigenvalue weighted by atomic mass is 10.1. The van der Waals surface area contributed by atoms with Crippen LogP contribution < -0.4 is 5.32 Å². The number of fused-ring (bicyclic) bond motifs is 1. The molecule has 2 aromatic rings. The summed E-state index contributed by atoms with van der Waals surface area (Å²) in [6, 6.07) is 10.2. The summed E-state index contributed by atoms with van der Waals surface area (Å²) in [7, 11) is 0. The van der Waals surface area contributed by atoms with Gasteiger partial charge in [-0.1, -0.05) is 35.3 Å². The summed E-state index contributed by atoms with van der Waals surface area (Å²) in [6.07, 6.45) is 7.50. The van der Waals surface area contributed by atoms with Gasteiger partial charge in [0.05, 0.1) is 18.8 Å². The fraction of sp³-hybridized carbons (Fsp3) is 0.333. The number of benzene rings is 1. The number of carbonyl (C=O) groups excluding carboxylic acids is 1. The van der Waals surface area contributed by atoms with Crippen LogP contribution >= 0.6 is 0 Å². The molecular weight excluding hydrogens is 290 g/mol. The van der Waals surface area contributed by atoms with Crippen molar-refractivity contribution in [2.75, 3.05) is 18.4 Å². The van der Waals surface area contributed by atoms with Gasteiger partial charge in [-0.3, -0.25) is 15.0 Å². The molecule has 0 aliphatic heterocycles. The van der Waals surface area contributed by atoms with Crippen LogP contribution in [0.15, 0.2) is 34.9 Å². The van der Waals surface area contributed by atoms with Gasteiger partial charge < -0.3 is 4.52 Å². The zero-order valence-corrected chi connectivity index (χ0v) is 13.1. The van der Waals surface area contributed by atoms with Gasteiger partial charge in [0.2, 0.25) is 11.8 Å². The molecule has 0 spiro atoms. The SMILES string of the molecule is C#CCN(CC(=O)Nc1cc(C)no1)[C@@H]1CCc2ccccc21. The third-order valence-electron chi connectivity index (χ3n) is 4.07. The number of anilines is 1. The molecule has 1 heterocycles. The number of amides is 1. The average Bonchev–Trinajstić information content (AvgIpc) is 3.13. The van der Waals surface area contributed by atoms with Gasteiger partial charge in [-0.25, -0.2) is 0 Å². The first-order valence-electron chi connectivity index (χ1n) is 7.66. The van der Waals surface area contributed by atoms with Crippen molar-refractivity contribution in [2.24, 2.45) is 0 Å². The third kappa shape index (κ3) is 3.43. The summed E-state index contributed by atoms with van der Waals surface area (Å²) in [5.41, 5.74) is 3.34. The molecule has 1 aliphatic rings. The lowest BCUT2D eigenvalue weighted by Gasteiger charge is -2.26. The van der Waals surface area contributed by atoms with E-state index in [0.717, 1.165) is 18.5 Å². The molecule has 118 valence electrons. The van der Waals surface area contributed by atoms with Crippen LogP contribution in [0.25, 0.3) is 0 Å². The second-order valence-corrected chi connectivity index (χ2v) is 5.74. The van der Waals surface area contributed by atoms with Crippen molar-refractivity contribution in [3.63, 3.8) is 0 Å². The maximum Gasteiger partial charge on any atom is 0.240 e. The van der Waals surface area contributed by atoms with Gasteiger partial charge in [0.1, 0.15) is 0 Å². The maximum absolute atomic E-state index is 12.3. The molecular formula is C18H19N3O2. The number of terminal acetylenes is 1. The van der Waals surface area contributed by atoms with Crippen LogP contribution in [-0.2, 0) is 11.2 Å². The highest BCUT2D eigenvalue weighted by molar-refractivity contribution is 5.91. The standard InChI is InChI=1S/C18H19N3O2/c1-3-10-21(12-17(22)19-18-11-13(2)20-23-18)16-9-8-14-6-4-5-7-15(14)16/h1,4-7,11,16H,8-10,12H2,2H3,(H,19,22)/t16-/m1/s1. The Labute approximate surface area is 135 Å². The van der Waals surface area contributed by atoms with E-state index in [-0.39, 0.29) is 18.5 Å². The van der Waals surface area contributed by atoms with Crippen molar-refractivity contribution in [3.8, 4) is 12.3 Å². The number of aromatic nitrogens is 1. The van der Waals surface area contributed by atoms with Crippen LogP contribution in [0.3, 0.4) is 0 Å². The molecule has 0 radical (unpaired) electrons. The van der Waals surface area contributed by atoms with Gasteiger partial charge in [0.15, 0.2) is 0 Å². The molecule has 1 aliphatic carbocycles. The predicted molar refractivity (Wildman–Crippen MR) is 87.8 cm³/mol. The molecule has 1 aromatic carbocycles. The molecule has 5 nitrogen and oxygen atoms in total. The first-order chi connectivity index (χ1) is 11.2. The number of nitrogens with one attached hydrogen (secondary N) is 1. The molecule has 3 rings (SSSR count).